The van der Waals surface area contributed by atoms with Gasteiger partial charge >= 0.3 is 6.03 Å². The zero-order valence-corrected chi connectivity index (χ0v) is 15.1. The number of nitrogens with one attached hydrogen (secondary N) is 1. The van der Waals surface area contributed by atoms with E-state index in [1.807, 2.05) is 48.7 Å². The fourth-order valence-corrected chi connectivity index (χ4v) is 4.79. The number of hydrogen-bond acceptors (Lipinski definition) is 4. The highest BCUT2D eigenvalue weighted by Crippen LogP contribution is 2.28. The number of benzene rings is 1. The lowest BCUT2D eigenvalue weighted by atomic mass is 10.00. The first-order valence-electron chi connectivity index (χ1n) is 7.81. The van der Waals surface area contributed by atoms with Gasteiger partial charge < -0.3 is 10.2 Å². The molecule has 0 bridgehead atoms. The summed E-state index contributed by atoms with van der Waals surface area (Å²) in [6.45, 7) is 2.52. The van der Waals surface area contributed by atoms with Crippen molar-refractivity contribution in [1.29, 1.82) is 0 Å². The molecule has 0 aliphatic carbocycles. The van der Waals surface area contributed by atoms with Crippen LogP contribution in [0, 0.1) is 6.92 Å². The van der Waals surface area contributed by atoms with E-state index >= 15 is 0 Å². The van der Waals surface area contributed by atoms with Crippen molar-refractivity contribution in [2.45, 2.75) is 13.0 Å². The first-order valence-corrected chi connectivity index (χ1v) is 10.5. The Hall–Kier alpha value is -1.86. The maximum atomic E-state index is 12.6. The number of aryl methyl sites for hydroxylation is 1. The van der Waals surface area contributed by atoms with Gasteiger partial charge in [-0.05, 0) is 29.5 Å². The number of urea groups is 1. The zero-order chi connectivity index (χ0) is 17.2. The minimum Gasteiger partial charge on any atom is -0.326 e. The van der Waals surface area contributed by atoms with E-state index in [0.29, 0.717) is 0 Å². The molecule has 1 aliphatic heterocycles. The van der Waals surface area contributed by atoms with Crippen LogP contribution in [0.2, 0.25) is 0 Å². The lowest BCUT2D eigenvalue weighted by Gasteiger charge is -2.29. The van der Waals surface area contributed by atoms with Crippen LogP contribution in [0.25, 0.3) is 0 Å². The van der Waals surface area contributed by atoms with Crippen LogP contribution in [0.1, 0.15) is 22.0 Å². The monoisotopic (exact) mass is 364 g/mol. The molecule has 1 N–H and O–H groups in total. The van der Waals surface area contributed by atoms with E-state index in [-0.39, 0.29) is 36.7 Å². The van der Waals surface area contributed by atoms with Crippen molar-refractivity contribution >= 4 is 27.2 Å². The van der Waals surface area contributed by atoms with Crippen molar-refractivity contribution in [1.82, 2.24) is 10.2 Å². The highest BCUT2D eigenvalue weighted by atomic mass is 32.2. The topological polar surface area (TPSA) is 66.5 Å². The summed E-state index contributed by atoms with van der Waals surface area (Å²) in [5, 5.41) is 5.06. The molecule has 1 atom stereocenters. The van der Waals surface area contributed by atoms with Gasteiger partial charge in [0.15, 0.2) is 9.84 Å². The minimum absolute atomic E-state index is 0.0362. The molecule has 7 heteroatoms. The molecule has 128 valence electrons. The van der Waals surface area contributed by atoms with Crippen LogP contribution in [0.5, 0.6) is 0 Å². The SMILES string of the molecule is Cc1ccccc1C(NC(=O)N1CCS(=O)(=O)CC1)c1cccs1. The van der Waals surface area contributed by atoms with E-state index in [2.05, 4.69) is 5.32 Å². The normalized spacial score (nSPS) is 18.1. The van der Waals surface area contributed by atoms with E-state index in [1.54, 1.807) is 16.2 Å². The molecule has 5 nitrogen and oxygen atoms in total. The van der Waals surface area contributed by atoms with E-state index in [9.17, 15) is 13.2 Å². The van der Waals surface area contributed by atoms with Crippen LogP contribution in [0.3, 0.4) is 0 Å². The number of amides is 2. The van der Waals surface area contributed by atoms with Gasteiger partial charge in [0.2, 0.25) is 0 Å². The molecule has 1 fully saturated rings. The van der Waals surface area contributed by atoms with Gasteiger partial charge in [-0.1, -0.05) is 30.3 Å². The Bertz CT molecular complexity index is 802. The number of sulfone groups is 1. The third-order valence-electron chi connectivity index (χ3n) is 4.23. The molecule has 0 spiro atoms. The standard InChI is InChI=1S/C17H20N2O3S2/c1-13-5-2-3-6-14(13)16(15-7-4-10-23-15)18-17(20)19-8-11-24(21,22)12-9-19/h2-7,10,16H,8-9,11-12H2,1H3,(H,18,20). The molecule has 1 saturated heterocycles. The molecule has 2 heterocycles. The quantitative estimate of drug-likeness (QED) is 0.910. The lowest BCUT2D eigenvalue weighted by molar-refractivity contribution is 0.200. The summed E-state index contributed by atoms with van der Waals surface area (Å²) in [5.74, 6) is 0.0723. The first kappa shape index (κ1) is 17.0. The van der Waals surface area contributed by atoms with Crippen LogP contribution < -0.4 is 5.32 Å². The second-order valence-corrected chi connectivity index (χ2v) is 9.18. The molecule has 3 rings (SSSR count). The molecule has 2 aromatic rings. The van der Waals surface area contributed by atoms with E-state index < -0.39 is 9.84 Å². The molecule has 2 amide bonds. The summed E-state index contributed by atoms with van der Waals surface area (Å²) in [6, 6.07) is 11.5. The van der Waals surface area contributed by atoms with Crippen molar-refractivity contribution in [3.63, 3.8) is 0 Å². The summed E-state index contributed by atoms with van der Waals surface area (Å²) in [5.41, 5.74) is 2.16. The summed E-state index contributed by atoms with van der Waals surface area (Å²) < 4.78 is 23.1. The van der Waals surface area contributed by atoms with Crippen molar-refractivity contribution in [3.05, 3.63) is 57.8 Å². The van der Waals surface area contributed by atoms with Crippen LogP contribution in [-0.4, -0.2) is 43.9 Å². The third-order valence-corrected chi connectivity index (χ3v) is 6.77. The number of nitrogens with zero attached hydrogens (tertiary/aromatic N) is 1. The smallest absolute Gasteiger partial charge is 0.318 e. The Kier molecular flexibility index (Phi) is 4.91. The highest BCUT2D eigenvalue weighted by Gasteiger charge is 2.27. The summed E-state index contributed by atoms with van der Waals surface area (Å²) in [4.78, 5) is 15.3. The van der Waals surface area contributed by atoms with Gasteiger partial charge in [0.1, 0.15) is 0 Å². The van der Waals surface area contributed by atoms with Crippen molar-refractivity contribution < 1.29 is 13.2 Å². The lowest BCUT2D eigenvalue weighted by Crippen LogP contribution is -2.49. The number of hydrogen-bond donors (Lipinski definition) is 1. The molecule has 24 heavy (non-hydrogen) atoms. The van der Waals surface area contributed by atoms with Crippen molar-refractivity contribution in [3.8, 4) is 0 Å². The third kappa shape index (κ3) is 3.79. The van der Waals surface area contributed by atoms with Gasteiger partial charge in [-0.25, -0.2) is 13.2 Å². The van der Waals surface area contributed by atoms with Crippen LogP contribution in [0.4, 0.5) is 4.79 Å². The van der Waals surface area contributed by atoms with Crippen molar-refractivity contribution in [2.75, 3.05) is 24.6 Å². The van der Waals surface area contributed by atoms with Crippen LogP contribution in [0.15, 0.2) is 41.8 Å². The molecular formula is C17H20N2O3S2. The predicted octanol–water partition coefficient (Wildman–Crippen LogP) is 2.59. The maximum Gasteiger partial charge on any atom is 0.318 e. The summed E-state index contributed by atoms with van der Waals surface area (Å²) >= 11 is 1.59. The van der Waals surface area contributed by atoms with Crippen LogP contribution >= 0.6 is 11.3 Å². The fraction of sp³-hybridized carbons (Fsp3) is 0.353. The van der Waals surface area contributed by atoms with Gasteiger partial charge in [0.25, 0.3) is 0 Å². The minimum atomic E-state index is -3.00. The van der Waals surface area contributed by atoms with Gasteiger partial charge in [0, 0.05) is 18.0 Å². The summed E-state index contributed by atoms with van der Waals surface area (Å²) in [6.07, 6.45) is 0. The summed E-state index contributed by atoms with van der Waals surface area (Å²) in [7, 11) is -3.00. The van der Waals surface area contributed by atoms with Gasteiger partial charge in [-0.15, -0.1) is 11.3 Å². The van der Waals surface area contributed by atoms with Gasteiger partial charge in [0.05, 0.1) is 17.5 Å². The number of rotatable bonds is 3. The molecule has 1 unspecified atom stereocenters. The van der Waals surface area contributed by atoms with Gasteiger partial charge in [-0.2, -0.15) is 0 Å². The average Bonchev–Trinajstić information content (AvgIpc) is 3.07. The number of carbonyl (C=O) groups is 1. The Labute approximate surface area is 146 Å². The second kappa shape index (κ2) is 6.94. The molecule has 1 aromatic carbocycles. The Morgan fingerprint density at radius 1 is 1.17 bits per heavy atom. The average molecular weight is 364 g/mol. The van der Waals surface area contributed by atoms with Crippen LogP contribution in [-0.2, 0) is 9.84 Å². The molecule has 1 aromatic heterocycles. The molecule has 1 aliphatic rings. The van der Waals surface area contributed by atoms with E-state index in [1.165, 1.54) is 0 Å². The Balaban J connectivity index is 1.80. The Morgan fingerprint density at radius 2 is 1.88 bits per heavy atom. The van der Waals surface area contributed by atoms with E-state index in [0.717, 1.165) is 16.0 Å². The number of carbonyl (C=O) groups excluding carboxylic acids is 1. The van der Waals surface area contributed by atoms with E-state index in [4.69, 9.17) is 0 Å². The number of thiophene rings is 1. The molecule has 0 radical (unpaired) electrons. The van der Waals surface area contributed by atoms with Crippen molar-refractivity contribution in [2.24, 2.45) is 0 Å². The predicted molar refractivity (Wildman–Crippen MR) is 96.1 cm³/mol. The molecular weight excluding hydrogens is 344 g/mol. The largest absolute Gasteiger partial charge is 0.326 e. The maximum absolute atomic E-state index is 12.6. The van der Waals surface area contributed by atoms with Gasteiger partial charge in [-0.3, -0.25) is 0 Å². The molecule has 0 saturated carbocycles. The highest BCUT2D eigenvalue weighted by molar-refractivity contribution is 7.91. The zero-order valence-electron chi connectivity index (χ0n) is 13.4. The second-order valence-electron chi connectivity index (χ2n) is 5.89. The first-order chi connectivity index (χ1) is 11.5. The Morgan fingerprint density at radius 3 is 2.50 bits per heavy atom. The fourth-order valence-electron chi connectivity index (χ4n) is 2.80.